The molecule has 5 atom stereocenters. The van der Waals surface area contributed by atoms with Crippen molar-refractivity contribution in [3.63, 3.8) is 0 Å². The normalized spacial score (nSPS) is 39.1. The van der Waals surface area contributed by atoms with Crippen LogP contribution in [0.25, 0.3) is 0 Å². The number of esters is 2. The van der Waals surface area contributed by atoms with Crippen LogP contribution in [0.4, 0.5) is 0 Å². The lowest BCUT2D eigenvalue weighted by molar-refractivity contribution is -0.223. The molecule has 0 aromatic carbocycles. The topological polar surface area (TPSA) is 89.9 Å². The maximum Gasteiger partial charge on any atom is 0.336 e. The second-order valence-corrected chi connectivity index (χ2v) is 8.28. The van der Waals surface area contributed by atoms with Crippen molar-refractivity contribution in [2.75, 3.05) is 0 Å². The first-order chi connectivity index (χ1) is 12.0. The first-order valence-corrected chi connectivity index (χ1v) is 9.06. The van der Waals surface area contributed by atoms with Crippen molar-refractivity contribution >= 4 is 17.7 Å². The Morgan fingerprint density at radius 1 is 1.35 bits per heavy atom. The van der Waals surface area contributed by atoms with E-state index in [1.165, 1.54) is 6.08 Å². The zero-order valence-electron chi connectivity index (χ0n) is 15.9. The van der Waals surface area contributed by atoms with Gasteiger partial charge in [0.1, 0.15) is 11.9 Å². The summed E-state index contributed by atoms with van der Waals surface area (Å²) in [7, 11) is 0. The van der Waals surface area contributed by atoms with Gasteiger partial charge in [-0.05, 0) is 33.1 Å². The SMILES string of the molecule is CC(C)=CC(=O)OC1C2=C(C)C(=O)OC2(O)CC2C(=O)CCC(C)C21C. The second-order valence-electron chi connectivity index (χ2n) is 8.28. The monoisotopic (exact) mass is 362 g/mol. The zero-order chi connectivity index (χ0) is 19.4. The number of rotatable bonds is 2. The van der Waals surface area contributed by atoms with Crippen molar-refractivity contribution in [3.05, 3.63) is 22.8 Å². The highest BCUT2D eigenvalue weighted by molar-refractivity contribution is 5.94. The van der Waals surface area contributed by atoms with Crippen molar-refractivity contribution < 1.29 is 29.0 Å². The third-order valence-corrected chi connectivity index (χ3v) is 6.37. The molecule has 0 saturated heterocycles. The van der Waals surface area contributed by atoms with Crippen LogP contribution < -0.4 is 0 Å². The number of ether oxygens (including phenoxy) is 2. The minimum atomic E-state index is -1.88. The summed E-state index contributed by atoms with van der Waals surface area (Å²) in [6, 6.07) is 0. The van der Waals surface area contributed by atoms with Gasteiger partial charge in [0.05, 0.1) is 5.57 Å². The summed E-state index contributed by atoms with van der Waals surface area (Å²) in [6.07, 6.45) is 1.59. The molecule has 1 aliphatic heterocycles. The van der Waals surface area contributed by atoms with Gasteiger partial charge in [-0.15, -0.1) is 0 Å². The molecule has 0 radical (unpaired) electrons. The van der Waals surface area contributed by atoms with Gasteiger partial charge in [-0.1, -0.05) is 19.4 Å². The Morgan fingerprint density at radius 3 is 2.62 bits per heavy atom. The molecular formula is C20H26O6. The van der Waals surface area contributed by atoms with Gasteiger partial charge in [0.25, 0.3) is 0 Å². The van der Waals surface area contributed by atoms with Gasteiger partial charge >= 0.3 is 11.9 Å². The third kappa shape index (κ3) is 2.62. The fourth-order valence-electron chi connectivity index (χ4n) is 4.71. The van der Waals surface area contributed by atoms with Gasteiger partial charge in [0.2, 0.25) is 5.79 Å². The number of Topliss-reactive ketones (excluding diaryl/α,β-unsaturated/α-hetero) is 1. The molecule has 1 N–H and O–H groups in total. The molecule has 2 saturated carbocycles. The highest BCUT2D eigenvalue weighted by Crippen LogP contribution is 2.59. The van der Waals surface area contributed by atoms with E-state index < -0.39 is 35.2 Å². The summed E-state index contributed by atoms with van der Waals surface area (Å²) in [4.78, 5) is 37.2. The highest BCUT2D eigenvalue weighted by Gasteiger charge is 2.66. The van der Waals surface area contributed by atoms with Crippen LogP contribution in [-0.2, 0) is 23.9 Å². The lowest BCUT2D eigenvalue weighted by Gasteiger charge is -2.55. The summed E-state index contributed by atoms with van der Waals surface area (Å²) < 4.78 is 11.0. The fraction of sp³-hybridized carbons (Fsp3) is 0.650. The van der Waals surface area contributed by atoms with Crippen LogP contribution in [-0.4, -0.2) is 34.7 Å². The standard InChI is InChI=1S/C20H26O6/c1-10(2)8-15(22)25-17-16-12(4)18(23)26-20(16,24)9-13-14(21)7-6-11(3)19(13,17)5/h8,11,13,17,24H,6-7,9H2,1-5H3. The average molecular weight is 362 g/mol. The van der Waals surface area contributed by atoms with Crippen LogP contribution in [0, 0.1) is 17.3 Å². The van der Waals surface area contributed by atoms with Crippen molar-refractivity contribution in [2.45, 2.75) is 65.8 Å². The molecule has 6 heteroatoms. The second kappa shape index (κ2) is 6.05. The van der Waals surface area contributed by atoms with Gasteiger partial charge in [0, 0.05) is 35.8 Å². The smallest absolute Gasteiger partial charge is 0.336 e. The number of ketones is 1. The summed E-state index contributed by atoms with van der Waals surface area (Å²) in [5.41, 5.74) is 0.628. The molecule has 26 heavy (non-hydrogen) atoms. The summed E-state index contributed by atoms with van der Waals surface area (Å²) in [6.45, 7) is 9.07. The molecule has 142 valence electrons. The Morgan fingerprint density at radius 2 is 2.00 bits per heavy atom. The molecular weight excluding hydrogens is 336 g/mol. The highest BCUT2D eigenvalue weighted by atomic mass is 16.7. The van der Waals surface area contributed by atoms with Gasteiger partial charge in [0.15, 0.2) is 0 Å². The number of allylic oxidation sites excluding steroid dienone is 1. The maximum atomic E-state index is 12.7. The Bertz CT molecular complexity index is 743. The maximum absolute atomic E-state index is 12.7. The zero-order valence-corrected chi connectivity index (χ0v) is 15.9. The Labute approximate surface area is 153 Å². The summed E-state index contributed by atoms with van der Waals surface area (Å²) >= 11 is 0. The summed E-state index contributed by atoms with van der Waals surface area (Å²) in [5, 5.41) is 11.0. The number of carbonyl (C=O) groups is 3. The van der Waals surface area contributed by atoms with Gasteiger partial charge in [-0.3, -0.25) is 4.79 Å². The van der Waals surface area contributed by atoms with Gasteiger partial charge < -0.3 is 14.6 Å². The molecule has 6 nitrogen and oxygen atoms in total. The Hall–Kier alpha value is -1.95. The number of aliphatic hydroxyl groups is 1. The van der Waals surface area contributed by atoms with E-state index in [9.17, 15) is 19.5 Å². The van der Waals surface area contributed by atoms with Crippen LogP contribution in [0.2, 0.25) is 0 Å². The van der Waals surface area contributed by atoms with E-state index in [0.717, 1.165) is 5.57 Å². The lowest BCUT2D eigenvalue weighted by Crippen LogP contribution is -2.61. The van der Waals surface area contributed by atoms with E-state index in [1.807, 2.05) is 13.8 Å². The van der Waals surface area contributed by atoms with Crippen molar-refractivity contribution in [1.82, 2.24) is 0 Å². The first kappa shape index (κ1) is 18.8. The number of hydrogen-bond acceptors (Lipinski definition) is 6. The minimum Gasteiger partial charge on any atom is -0.454 e. The predicted molar refractivity (Wildman–Crippen MR) is 92.7 cm³/mol. The molecule has 0 bridgehead atoms. The van der Waals surface area contributed by atoms with E-state index in [0.29, 0.717) is 18.4 Å². The number of carbonyl (C=O) groups excluding carboxylic acids is 3. The molecule has 0 spiro atoms. The fourth-order valence-corrected chi connectivity index (χ4v) is 4.71. The molecule has 2 fully saturated rings. The molecule has 3 aliphatic rings. The first-order valence-electron chi connectivity index (χ1n) is 9.06. The average Bonchev–Trinajstić information content (AvgIpc) is 2.75. The largest absolute Gasteiger partial charge is 0.454 e. The molecule has 2 aliphatic carbocycles. The summed E-state index contributed by atoms with van der Waals surface area (Å²) in [5.74, 6) is -3.51. The number of hydrogen-bond donors (Lipinski definition) is 1. The van der Waals surface area contributed by atoms with Gasteiger partial charge in [-0.25, -0.2) is 9.59 Å². The van der Waals surface area contributed by atoms with E-state index >= 15 is 0 Å². The Kier molecular flexibility index (Phi) is 4.38. The quantitative estimate of drug-likeness (QED) is 0.599. The predicted octanol–water partition coefficient (Wildman–Crippen LogP) is 2.45. The van der Waals surface area contributed by atoms with E-state index in [1.54, 1.807) is 20.8 Å². The van der Waals surface area contributed by atoms with E-state index in [4.69, 9.17) is 9.47 Å². The molecule has 3 rings (SSSR count). The van der Waals surface area contributed by atoms with Crippen molar-refractivity contribution in [3.8, 4) is 0 Å². The van der Waals surface area contributed by atoms with Crippen LogP contribution in [0.15, 0.2) is 22.8 Å². The number of fused-ring (bicyclic) bond motifs is 2. The molecule has 0 aromatic rings. The van der Waals surface area contributed by atoms with Crippen molar-refractivity contribution in [2.24, 2.45) is 17.3 Å². The third-order valence-electron chi connectivity index (χ3n) is 6.37. The molecule has 1 heterocycles. The van der Waals surface area contributed by atoms with Crippen LogP contribution in [0.1, 0.15) is 53.9 Å². The van der Waals surface area contributed by atoms with E-state index in [-0.39, 0.29) is 23.7 Å². The van der Waals surface area contributed by atoms with Crippen LogP contribution in [0.5, 0.6) is 0 Å². The van der Waals surface area contributed by atoms with Crippen LogP contribution >= 0.6 is 0 Å². The Balaban J connectivity index is 2.15. The minimum absolute atomic E-state index is 0.0157. The molecule has 0 aromatic heterocycles. The lowest BCUT2D eigenvalue weighted by atomic mass is 9.52. The van der Waals surface area contributed by atoms with Gasteiger partial charge in [-0.2, -0.15) is 0 Å². The van der Waals surface area contributed by atoms with Crippen LogP contribution in [0.3, 0.4) is 0 Å². The van der Waals surface area contributed by atoms with Crippen molar-refractivity contribution in [1.29, 1.82) is 0 Å². The molecule has 0 amide bonds. The molecule has 5 unspecified atom stereocenters. The van der Waals surface area contributed by atoms with E-state index in [2.05, 4.69) is 0 Å².